The van der Waals surface area contributed by atoms with E-state index in [1.807, 2.05) is 0 Å². The van der Waals surface area contributed by atoms with E-state index in [2.05, 4.69) is 33.0 Å². The van der Waals surface area contributed by atoms with Crippen LogP contribution in [0.4, 0.5) is 4.79 Å². The van der Waals surface area contributed by atoms with E-state index in [1.165, 1.54) is 6.92 Å². The molecule has 0 bridgehead atoms. The summed E-state index contributed by atoms with van der Waals surface area (Å²) in [4.78, 5) is 24.5. The van der Waals surface area contributed by atoms with Gasteiger partial charge in [-0.25, -0.2) is 4.79 Å². The van der Waals surface area contributed by atoms with E-state index in [1.54, 1.807) is 4.90 Å². The predicted molar refractivity (Wildman–Crippen MR) is 76.1 cm³/mol. The minimum atomic E-state index is -1.01. The third-order valence-corrected chi connectivity index (χ3v) is 2.95. The Labute approximate surface area is 116 Å². The van der Waals surface area contributed by atoms with Crippen molar-refractivity contribution in [3.8, 4) is 0 Å². The van der Waals surface area contributed by atoms with E-state index in [9.17, 15) is 9.59 Å². The molecule has 5 heteroatoms. The van der Waals surface area contributed by atoms with Gasteiger partial charge in [-0.1, -0.05) is 27.7 Å². The first-order valence-corrected chi connectivity index (χ1v) is 7.02. The van der Waals surface area contributed by atoms with Crippen LogP contribution in [0.3, 0.4) is 0 Å². The van der Waals surface area contributed by atoms with Crippen molar-refractivity contribution in [2.75, 3.05) is 13.1 Å². The Morgan fingerprint density at radius 2 is 1.42 bits per heavy atom. The fourth-order valence-corrected chi connectivity index (χ4v) is 1.48. The van der Waals surface area contributed by atoms with E-state index in [4.69, 9.17) is 5.11 Å². The summed E-state index contributed by atoms with van der Waals surface area (Å²) in [6.45, 7) is 11.3. The average molecular weight is 272 g/mol. The molecule has 0 spiro atoms. The molecule has 0 aliphatic carbocycles. The number of amides is 2. The molecule has 112 valence electrons. The molecule has 0 aromatic rings. The lowest BCUT2D eigenvalue weighted by Crippen LogP contribution is -2.47. The van der Waals surface area contributed by atoms with Crippen molar-refractivity contribution in [1.29, 1.82) is 0 Å². The highest BCUT2D eigenvalue weighted by Gasteiger charge is 2.19. The van der Waals surface area contributed by atoms with Crippen LogP contribution in [-0.2, 0) is 4.79 Å². The number of hydrogen-bond acceptors (Lipinski definition) is 2. The summed E-state index contributed by atoms with van der Waals surface area (Å²) in [6.07, 6.45) is 1.85. The summed E-state index contributed by atoms with van der Waals surface area (Å²) < 4.78 is 0. The van der Waals surface area contributed by atoms with E-state index in [0.717, 1.165) is 12.8 Å². The molecule has 0 aliphatic rings. The van der Waals surface area contributed by atoms with Crippen LogP contribution in [0.2, 0.25) is 0 Å². The van der Waals surface area contributed by atoms with Crippen LogP contribution in [0.5, 0.6) is 0 Å². The van der Waals surface area contributed by atoms with Gasteiger partial charge in [-0.05, 0) is 31.6 Å². The van der Waals surface area contributed by atoms with E-state index >= 15 is 0 Å². The highest BCUT2D eigenvalue weighted by molar-refractivity contribution is 5.82. The van der Waals surface area contributed by atoms with E-state index < -0.39 is 12.0 Å². The molecule has 2 N–H and O–H groups in total. The second-order valence-corrected chi connectivity index (χ2v) is 5.86. The Balaban J connectivity index is 4.43. The second-order valence-electron chi connectivity index (χ2n) is 5.86. The van der Waals surface area contributed by atoms with Crippen LogP contribution in [-0.4, -0.2) is 41.1 Å². The third kappa shape index (κ3) is 8.46. The molecule has 0 aromatic carbocycles. The standard InChI is InChI=1S/C14H28N2O3/c1-10(2)6-8-16(9-7-11(3)4)14(19)15-12(5)13(17)18/h10-12H,6-9H2,1-5H3,(H,15,19)(H,17,18)/t12-/m0/s1. The van der Waals surface area contributed by atoms with Crippen LogP contribution < -0.4 is 5.32 Å². The summed E-state index contributed by atoms with van der Waals surface area (Å²) in [7, 11) is 0. The van der Waals surface area contributed by atoms with Gasteiger partial charge in [0.15, 0.2) is 0 Å². The number of urea groups is 1. The highest BCUT2D eigenvalue weighted by atomic mass is 16.4. The molecular weight excluding hydrogens is 244 g/mol. The molecule has 2 amide bonds. The number of hydrogen-bond donors (Lipinski definition) is 2. The average Bonchev–Trinajstić information content (AvgIpc) is 2.27. The SMILES string of the molecule is CC(C)CCN(CCC(C)C)C(=O)N[C@@H](C)C(=O)O. The number of rotatable bonds is 8. The van der Waals surface area contributed by atoms with Crippen LogP contribution in [0.1, 0.15) is 47.5 Å². The van der Waals surface area contributed by atoms with Crippen molar-refractivity contribution in [3.05, 3.63) is 0 Å². The molecule has 0 saturated carbocycles. The number of carbonyl (C=O) groups is 2. The monoisotopic (exact) mass is 272 g/mol. The van der Waals surface area contributed by atoms with Crippen LogP contribution in [0.25, 0.3) is 0 Å². The number of nitrogens with zero attached hydrogens (tertiary/aromatic N) is 1. The van der Waals surface area contributed by atoms with Crippen LogP contribution in [0, 0.1) is 11.8 Å². The van der Waals surface area contributed by atoms with Gasteiger partial charge in [-0.3, -0.25) is 4.79 Å². The second kappa shape index (κ2) is 8.77. The summed E-state index contributed by atoms with van der Waals surface area (Å²) in [5.74, 6) is 0.0264. The molecule has 0 aromatic heterocycles. The fraction of sp³-hybridized carbons (Fsp3) is 0.857. The Kier molecular flexibility index (Phi) is 8.19. The van der Waals surface area contributed by atoms with Gasteiger partial charge >= 0.3 is 12.0 Å². The largest absolute Gasteiger partial charge is 0.480 e. The molecule has 5 nitrogen and oxygen atoms in total. The third-order valence-electron chi connectivity index (χ3n) is 2.95. The van der Waals surface area contributed by atoms with Gasteiger partial charge in [0.1, 0.15) is 6.04 Å². The van der Waals surface area contributed by atoms with Crippen molar-refractivity contribution in [2.45, 2.75) is 53.5 Å². The van der Waals surface area contributed by atoms with Crippen LogP contribution in [0.15, 0.2) is 0 Å². The van der Waals surface area contributed by atoms with Gasteiger partial charge in [0.25, 0.3) is 0 Å². The minimum absolute atomic E-state index is 0.281. The highest BCUT2D eigenvalue weighted by Crippen LogP contribution is 2.07. The normalized spacial score (nSPS) is 12.6. The molecule has 0 radical (unpaired) electrons. The molecule has 0 rings (SSSR count). The number of carboxylic acid groups (broad SMARTS) is 1. The van der Waals surface area contributed by atoms with E-state index in [0.29, 0.717) is 24.9 Å². The quantitative estimate of drug-likeness (QED) is 0.713. The first kappa shape index (κ1) is 17.7. The maximum atomic E-state index is 12.0. The van der Waals surface area contributed by atoms with E-state index in [-0.39, 0.29) is 6.03 Å². The van der Waals surface area contributed by atoms with Crippen molar-refractivity contribution in [1.82, 2.24) is 10.2 Å². The van der Waals surface area contributed by atoms with Gasteiger partial charge in [0.05, 0.1) is 0 Å². The molecule has 0 unspecified atom stereocenters. The zero-order valence-electron chi connectivity index (χ0n) is 12.8. The zero-order valence-corrected chi connectivity index (χ0v) is 12.8. The first-order chi connectivity index (χ1) is 8.73. The van der Waals surface area contributed by atoms with Crippen molar-refractivity contribution < 1.29 is 14.7 Å². The summed E-state index contributed by atoms with van der Waals surface area (Å²) in [6, 6.07) is -1.13. The lowest BCUT2D eigenvalue weighted by Gasteiger charge is -2.25. The van der Waals surface area contributed by atoms with Crippen molar-refractivity contribution in [3.63, 3.8) is 0 Å². The Morgan fingerprint density at radius 1 is 1.00 bits per heavy atom. The lowest BCUT2D eigenvalue weighted by molar-refractivity contribution is -0.138. The summed E-state index contributed by atoms with van der Waals surface area (Å²) >= 11 is 0. The summed E-state index contributed by atoms with van der Waals surface area (Å²) in [5.41, 5.74) is 0. The molecule has 0 saturated heterocycles. The number of nitrogens with one attached hydrogen (secondary N) is 1. The van der Waals surface area contributed by atoms with Gasteiger partial charge < -0.3 is 15.3 Å². The minimum Gasteiger partial charge on any atom is -0.480 e. The van der Waals surface area contributed by atoms with Gasteiger partial charge in [-0.2, -0.15) is 0 Å². The maximum Gasteiger partial charge on any atom is 0.325 e. The maximum absolute atomic E-state index is 12.0. The smallest absolute Gasteiger partial charge is 0.325 e. The molecule has 0 heterocycles. The zero-order chi connectivity index (χ0) is 15.0. The first-order valence-electron chi connectivity index (χ1n) is 7.02. The van der Waals surface area contributed by atoms with Crippen molar-refractivity contribution in [2.24, 2.45) is 11.8 Å². The van der Waals surface area contributed by atoms with Gasteiger partial charge in [0, 0.05) is 13.1 Å². The predicted octanol–water partition coefficient (Wildman–Crippen LogP) is 2.56. The van der Waals surface area contributed by atoms with Gasteiger partial charge in [0.2, 0.25) is 0 Å². The number of aliphatic carboxylic acids is 1. The Hall–Kier alpha value is -1.26. The Bertz CT molecular complexity index is 278. The molecule has 0 fully saturated rings. The number of carbonyl (C=O) groups excluding carboxylic acids is 1. The molecule has 1 atom stereocenters. The molecular formula is C14H28N2O3. The molecule has 19 heavy (non-hydrogen) atoms. The lowest BCUT2D eigenvalue weighted by atomic mass is 10.1. The number of carboxylic acids is 1. The fourth-order valence-electron chi connectivity index (χ4n) is 1.48. The Morgan fingerprint density at radius 3 is 1.74 bits per heavy atom. The summed E-state index contributed by atoms with van der Waals surface area (Å²) in [5, 5.41) is 11.3. The van der Waals surface area contributed by atoms with Gasteiger partial charge in [-0.15, -0.1) is 0 Å². The topological polar surface area (TPSA) is 69.6 Å². The molecule has 0 aliphatic heterocycles. The van der Waals surface area contributed by atoms with Crippen molar-refractivity contribution >= 4 is 12.0 Å². The van der Waals surface area contributed by atoms with Crippen LogP contribution >= 0.6 is 0 Å².